The van der Waals surface area contributed by atoms with Crippen LogP contribution >= 0.6 is 0 Å². The van der Waals surface area contributed by atoms with Gasteiger partial charge in [0.15, 0.2) is 0 Å². The molecule has 1 aromatic carbocycles. The molecule has 0 aromatic heterocycles. The molecule has 25 heavy (non-hydrogen) atoms. The summed E-state index contributed by atoms with van der Waals surface area (Å²) in [7, 11) is 0. The van der Waals surface area contributed by atoms with Gasteiger partial charge in [-0.25, -0.2) is 14.0 Å². The Bertz CT molecular complexity index is 656. The lowest BCUT2D eigenvalue weighted by Gasteiger charge is -2.24. The number of hydrogen-bond donors (Lipinski definition) is 3. The molecule has 0 spiro atoms. The van der Waals surface area contributed by atoms with Crippen LogP contribution in [0.5, 0.6) is 0 Å². The molecular formula is C18H25FN3O3+. The van der Waals surface area contributed by atoms with Crippen LogP contribution in [-0.4, -0.2) is 31.7 Å². The van der Waals surface area contributed by atoms with Gasteiger partial charge in [-0.1, -0.05) is 26.0 Å². The van der Waals surface area contributed by atoms with Gasteiger partial charge in [0.05, 0.1) is 24.4 Å². The Balaban J connectivity index is 2.17. The van der Waals surface area contributed by atoms with Crippen molar-refractivity contribution in [3.8, 4) is 0 Å². The normalized spacial score (nSPS) is 15.6. The molecule has 0 saturated heterocycles. The summed E-state index contributed by atoms with van der Waals surface area (Å²) in [6, 6.07) is 6.14. The highest BCUT2D eigenvalue weighted by Crippen LogP contribution is 2.18. The number of urea groups is 1. The summed E-state index contributed by atoms with van der Waals surface area (Å²) in [5.74, 6) is -0.417. The smallest absolute Gasteiger partial charge is 0.337 e. The van der Waals surface area contributed by atoms with Gasteiger partial charge in [-0.15, -0.1) is 0 Å². The van der Waals surface area contributed by atoms with Gasteiger partial charge in [-0.3, -0.25) is 0 Å². The molecule has 0 fully saturated rings. The lowest BCUT2D eigenvalue weighted by atomic mass is 9.95. The Kier molecular flexibility index (Phi) is 6.52. The van der Waals surface area contributed by atoms with Crippen molar-refractivity contribution in [2.75, 3.05) is 19.7 Å². The Hall–Kier alpha value is -2.41. The van der Waals surface area contributed by atoms with Gasteiger partial charge >= 0.3 is 12.0 Å². The van der Waals surface area contributed by atoms with Crippen LogP contribution in [0.3, 0.4) is 0 Å². The van der Waals surface area contributed by atoms with Gasteiger partial charge in [0.1, 0.15) is 18.4 Å². The lowest BCUT2D eigenvalue weighted by Crippen LogP contribution is -2.87. The number of halogens is 1. The van der Waals surface area contributed by atoms with Crippen LogP contribution in [0.2, 0.25) is 0 Å². The van der Waals surface area contributed by atoms with Crippen LogP contribution in [0.1, 0.15) is 32.4 Å². The molecule has 2 amide bonds. The van der Waals surface area contributed by atoms with Crippen molar-refractivity contribution in [2.24, 2.45) is 5.92 Å². The van der Waals surface area contributed by atoms with E-state index in [1.54, 1.807) is 19.1 Å². The van der Waals surface area contributed by atoms with Crippen molar-refractivity contribution in [3.05, 3.63) is 46.9 Å². The number of nitrogens with two attached hydrogens (primary N) is 1. The predicted octanol–water partition coefficient (Wildman–Crippen LogP) is 1.22. The third-order valence-corrected chi connectivity index (χ3v) is 4.13. The van der Waals surface area contributed by atoms with Gasteiger partial charge in [0, 0.05) is 11.5 Å². The molecule has 0 saturated carbocycles. The summed E-state index contributed by atoms with van der Waals surface area (Å²) in [6.07, 6.45) is 0. The molecule has 6 nitrogen and oxygen atoms in total. The number of amides is 2. The standard InChI is InChI=1S/C18H24FN3O3/c1-4-25-17(23)14-9-21-18(24)22-15(14)10-20-16(11(2)3)12-5-7-13(19)8-6-12/h5-8,11,16,20H,4,9-10H2,1-3H3,(H2,21,22,24)/p+1/t16-/m0/s1. The Labute approximate surface area is 146 Å². The quantitative estimate of drug-likeness (QED) is 0.647. The van der Waals surface area contributed by atoms with Crippen LogP contribution in [0.15, 0.2) is 35.5 Å². The molecule has 1 heterocycles. The van der Waals surface area contributed by atoms with E-state index in [2.05, 4.69) is 24.5 Å². The number of carbonyl (C=O) groups excluding carboxylic acids is 2. The summed E-state index contributed by atoms with van der Waals surface area (Å²) in [5.41, 5.74) is 1.98. The Morgan fingerprint density at radius 2 is 2.00 bits per heavy atom. The number of quaternary nitrogens is 1. The highest BCUT2D eigenvalue weighted by molar-refractivity contribution is 5.93. The van der Waals surface area contributed by atoms with Crippen molar-refractivity contribution >= 4 is 12.0 Å². The van der Waals surface area contributed by atoms with Crippen LogP contribution in [0, 0.1) is 11.7 Å². The first kappa shape index (κ1) is 18.9. The van der Waals surface area contributed by atoms with E-state index in [9.17, 15) is 14.0 Å². The fraction of sp³-hybridized carbons (Fsp3) is 0.444. The van der Waals surface area contributed by atoms with Gasteiger partial charge in [-0.2, -0.15) is 0 Å². The molecule has 1 aliphatic rings. The molecule has 0 radical (unpaired) electrons. The third-order valence-electron chi connectivity index (χ3n) is 4.13. The molecule has 4 N–H and O–H groups in total. The van der Waals surface area contributed by atoms with E-state index >= 15 is 0 Å². The summed E-state index contributed by atoms with van der Waals surface area (Å²) in [5, 5.41) is 7.32. The molecule has 1 aromatic rings. The fourth-order valence-electron chi connectivity index (χ4n) is 2.84. The second-order valence-corrected chi connectivity index (χ2v) is 6.25. The van der Waals surface area contributed by atoms with Gasteiger partial charge < -0.3 is 20.7 Å². The van der Waals surface area contributed by atoms with E-state index < -0.39 is 5.97 Å². The highest BCUT2D eigenvalue weighted by Gasteiger charge is 2.26. The third kappa shape index (κ3) is 5.03. The van der Waals surface area contributed by atoms with Crippen LogP contribution in [0.4, 0.5) is 9.18 Å². The number of rotatable bonds is 7. The van der Waals surface area contributed by atoms with Crippen LogP contribution < -0.4 is 16.0 Å². The first-order valence-electron chi connectivity index (χ1n) is 8.45. The first-order valence-corrected chi connectivity index (χ1v) is 8.45. The zero-order chi connectivity index (χ0) is 18.4. The maximum Gasteiger partial charge on any atom is 0.337 e. The molecule has 2 rings (SSSR count). The van der Waals surface area contributed by atoms with Gasteiger partial charge in [-0.05, 0) is 19.1 Å². The van der Waals surface area contributed by atoms with E-state index in [-0.39, 0.29) is 37.0 Å². The monoisotopic (exact) mass is 350 g/mol. The average Bonchev–Trinajstić information content (AvgIpc) is 2.56. The predicted molar refractivity (Wildman–Crippen MR) is 91.0 cm³/mol. The maximum atomic E-state index is 13.2. The van der Waals surface area contributed by atoms with Crippen molar-refractivity contribution in [2.45, 2.75) is 26.8 Å². The van der Waals surface area contributed by atoms with E-state index in [1.807, 2.05) is 5.32 Å². The average molecular weight is 350 g/mol. The maximum absolute atomic E-state index is 13.2. The van der Waals surface area contributed by atoms with Gasteiger partial charge in [0.25, 0.3) is 0 Å². The summed E-state index contributed by atoms with van der Waals surface area (Å²) < 4.78 is 18.2. The van der Waals surface area contributed by atoms with Crippen molar-refractivity contribution in [1.29, 1.82) is 0 Å². The number of carbonyl (C=O) groups is 2. The number of esters is 1. The topological polar surface area (TPSA) is 84.0 Å². The zero-order valence-corrected chi connectivity index (χ0v) is 14.8. The molecule has 136 valence electrons. The zero-order valence-electron chi connectivity index (χ0n) is 14.8. The minimum Gasteiger partial charge on any atom is -0.463 e. The summed E-state index contributed by atoms with van der Waals surface area (Å²) >= 11 is 0. The first-order chi connectivity index (χ1) is 11.9. The van der Waals surface area contributed by atoms with E-state index in [1.165, 1.54) is 12.1 Å². The van der Waals surface area contributed by atoms with Gasteiger partial charge in [0.2, 0.25) is 0 Å². The van der Waals surface area contributed by atoms with E-state index in [0.29, 0.717) is 17.8 Å². The second kappa shape index (κ2) is 8.62. The number of benzene rings is 1. The second-order valence-electron chi connectivity index (χ2n) is 6.25. The van der Waals surface area contributed by atoms with Crippen LogP contribution in [-0.2, 0) is 9.53 Å². The van der Waals surface area contributed by atoms with Crippen molar-refractivity contribution < 1.29 is 24.0 Å². The molecule has 1 aliphatic heterocycles. The van der Waals surface area contributed by atoms with Crippen molar-refractivity contribution in [1.82, 2.24) is 10.6 Å². The minimum absolute atomic E-state index is 0.0725. The fourth-order valence-corrected chi connectivity index (χ4v) is 2.84. The summed E-state index contributed by atoms with van der Waals surface area (Å²) in [6.45, 7) is 6.73. The Morgan fingerprint density at radius 1 is 1.32 bits per heavy atom. The molecule has 0 aliphatic carbocycles. The van der Waals surface area contributed by atoms with E-state index in [0.717, 1.165) is 5.56 Å². The molecular weight excluding hydrogens is 325 g/mol. The molecule has 7 heteroatoms. The minimum atomic E-state index is -0.429. The number of ether oxygens (including phenoxy) is 1. The van der Waals surface area contributed by atoms with Crippen LogP contribution in [0.25, 0.3) is 0 Å². The molecule has 0 bridgehead atoms. The number of hydrogen-bond acceptors (Lipinski definition) is 3. The molecule has 1 atom stereocenters. The largest absolute Gasteiger partial charge is 0.463 e. The summed E-state index contributed by atoms with van der Waals surface area (Å²) in [4.78, 5) is 23.7. The van der Waals surface area contributed by atoms with E-state index in [4.69, 9.17) is 4.74 Å². The highest BCUT2D eigenvalue weighted by atomic mass is 19.1. The molecule has 0 unspecified atom stereocenters. The van der Waals surface area contributed by atoms with Crippen molar-refractivity contribution in [3.63, 3.8) is 0 Å². The SMILES string of the molecule is CCOC(=O)C1=C(C[NH2+][C@H](c2ccc(F)cc2)C(C)C)NC(=O)NC1. The Morgan fingerprint density at radius 3 is 2.60 bits per heavy atom. The number of nitrogens with one attached hydrogen (secondary N) is 2. The lowest BCUT2D eigenvalue weighted by molar-refractivity contribution is -0.696.